The summed E-state index contributed by atoms with van der Waals surface area (Å²) in [5.74, 6) is 3.09. The van der Waals surface area contributed by atoms with E-state index in [2.05, 4.69) is 25.5 Å². The van der Waals surface area contributed by atoms with Gasteiger partial charge in [-0.05, 0) is 57.0 Å². The van der Waals surface area contributed by atoms with Crippen LogP contribution in [-0.4, -0.2) is 52.2 Å². The number of morpholine rings is 1. The Morgan fingerprint density at radius 2 is 1.81 bits per heavy atom. The van der Waals surface area contributed by atoms with Gasteiger partial charge >= 0.3 is 0 Å². The van der Waals surface area contributed by atoms with Crippen molar-refractivity contribution in [2.45, 2.75) is 40.2 Å². The third-order valence-electron chi connectivity index (χ3n) is 5.49. The second-order valence-electron chi connectivity index (χ2n) is 7.70. The van der Waals surface area contributed by atoms with E-state index in [0.29, 0.717) is 38.4 Å². The Hall–Kier alpha value is -3.20. The predicted octanol–water partition coefficient (Wildman–Crippen LogP) is 2.27. The lowest BCUT2D eigenvalue weighted by Crippen LogP contribution is -2.36. The minimum atomic E-state index is -0.0183. The molecule has 1 aliphatic heterocycles. The molecule has 0 spiro atoms. The molecule has 31 heavy (non-hydrogen) atoms. The number of aryl methyl sites for hydroxylation is 2. The maximum atomic E-state index is 12.3. The van der Waals surface area contributed by atoms with Crippen LogP contribution < -0.4 is 10.2 Å². The first-order valence-corrected chi connectivity index (χ1v) is 10.5. The number of anilines is 1. The van der Waals surface area contributed by atoms with Crippen molar-refractivity contribution in [2.24, 2.45) is 0 Å². The molecule has 0 atom stereocenters. The Bertz CT molecular complexity index is 1030. The fourth-order valence-corrected chi connectivity index (χ4v) is 3.74. The maximum absolute atomic E-state index is 12.3. The van der Waals surface area contributed by atoms with Crippen LogP contribution in [0.1, 0.15) is 34.9 Å². The minimum absolute atomic E-state index is 0.0183. The summed E-state index contributed by atoms with van der Waals surface area (Å²) in [4.78, 5) is 14.4. The van der Waals surface area contributed by atoms with Crippen LogP contribution in [0.15, 0.2) is 28.7 Å². The highest BCUT2D eigenvalue weighted by molar-refractivity contribution is 5.76. The molecule has 164 valence electrons. The van der Waals surface area contributed by atoms with Gasteiger partial charge in [0.05, 0.1) is 25.5 Å². The zero-order valence-corrected chi connectivity index (χ0v) is 18.2. The van der Waals surface area contributed by atoms with Crippen molar-refractivity contribution >= 4 is 11.7 Å². The van der Waals surface area contributed by atoms with E-state index in [4.69, 9.17) is 9.15 Å². The topological polar surface area (TPSA) is 98.3 Å². The summed E-state index contributed by atoms with van der Waals surface area (Å²) < 4.78 is 12.7. The van der Waals surface area contributed by atoms with Gasteiger partial charge in [0.1, 0.15) is 11.5 Å². The van der Waals surface area contributed by atoms with E-state index in [0.717, 1.165) is 47.4 Å². The van der Waals surface area contributed by atoms with Crippen LogP contribution in [-0.2, 0) is 22.5 Å². The van der Waals surface area contributed by atoms with E-state index in [1.807, 2.05) is 45.0 Å². The molecule has 4 rings (SSSR count). The Balaban J connectivity index is 1.38. The summed E-state index contributed by atoms with van der Waals surface area (Å²) in [7, 11) is 0. The summed E-state index contributed by atoms with van der Waals surface area (Å²) in [5.41, 5.74) is 2.93. The Labute approximate surface area is 181 Å². The SMILES string of the molecule is Cc1ccc(CNC(=O)CCc2c(C)nn(-c3ccc(N4CCOCC4)nn3)c2C)o1. The molecule has 3 aromatic heterocycles. The number of ether oxygens (including phenoxy) is 1. The molecule has 3 aromatic rings. The molecular weight excluding hydrogens is 396 g/mol. The summed E-state index contributed by atoms with van der Waals surface area (Å²) >= 11 is 0. The molecule has 0 saturated carbocycles. The second kappa shape index (κ2) is 9.30. The lowest BCUT2D eigenvalue weighted by Gasteiger charge is -2.27. The van der Waals surface area contributed by atoms with E-state index in [1.54, 1.807) is 4.68 Å². The molecule has 1 aliphatic rings. The Kier molecular flexibility index (Phi) is 6.31. The molecule has 9 heteroatoms. The average molecular weight is 425 g/mol. The van der Waals surface area contributed by atoms with Crippen LogP contribution >= 0.6 is 0 Å². The molecule has 0 bridgehead atoms. The van der Waals surface area contributed by atoms with Gasteiger partial charge in [0.2, 0.25) is 5.91 Å². The number of aromatic nitrogens is 4. The van der Waals surface area contributed by atoms with Gasteiger partial charge in [-0.25, -0.2) is 4.68 Å². The number of hydrogen-bond donors (Lipinski definition) is 1. The first kappa shape index (κ1) is 21.0. The molecule has 1 fully saturated rings. The summed E-state index contributed by atoms with van der Waals surface area (Å²) in [6, 6.07) is 7.66. The third kappa shape index (κ3) is 4.93. The maximum Gasteiger partial charge on any atom is 0.220 e. The average Bonchev–Trinajstić information content (AvgIpc) is 3.33. The number of hydrogen-bond acceptors (Lipinski definition) is 7. The number of furan rings is 1. The van der Waals surface area contributed by atoms with Gasteiger partial charge in [-0.15, -0.1) is 10.2 Å². The number of amides is 1. The van der Waals surface area contributed by atoms with Gasteiger partial charge < -0.3 is 19.4 Å². The standard InChI is InChI=1S/C22H28N6O3/c1-15-4-5-18(31-15)14-23-22(29)9-6-19-16(2)26-28(17(19)3)21-8-7-20(24-25-21)27-10-12-30-13-11-27/h4-5,7-8H,6,9-14H2,1-3H3,(H,23,29). The molecule has 0 radical (unpaired) electrons. The van der Waals surface area contributed by atoms with Crippen molar-refractivity contribution in [3.8, 4) is 5.82 Å². The van der Waals surface area contributed by atoms with Crippen LogP contribution in [0.5, 0.6) is 0 Å². The fraction of sp³-hybridized carbons (Fsp3) is 0.455. The van der Waals surface area contributed by atoms with Crippen LogP contribution in [0.4, 0.5) is 5.82 Å². The minimum Gasteiger partial charge on any atom is -0.465 e. The normalized spacial score (nSPS) is 14.1. The highest BCUT2D eigenvalue weighted by Gasteiger charge is 2.17. The zero-order valence-electron chi connectivity index (χ0n) is 18.2. The zero-order chi connectivity index (χ0) is 21.8. The smallest absolute Gasteiger partial charge is 0.220 e. The first-order chi connectivity index (χ1) is 15.0. The van der Waals surface area contributed by atoms with Crippen LogP contribution in [0.2, 0.25) is 0 Å². The molecule has 9 nitrogen and oxygen atoms in total. The molecule has 0 unspecified atom stereocenters. The Morgan fingerprint density at radius 3 is 2.48 bits per heavy atom. The summed E-state index contributed by atoms with van der Waals surface area (Å²) in [6.07, 6.45) is 0.995. The number of carbonyl (C=O) groups excluding carboxylic acids is 1. The fourth-order valence-electron chi connectivity index (χ4n) is 3.74. The van der Waals surface area contributed by atoms with Crippen molar-refractivity contribution in [2.75, 3.05) is 31.2 Å². The highest BCUT2D eigenvalue weighted by Crippen LogP contribution is 2.20. The highest BCUT2D eigenvalue weighted by atomic mass is 16.5. The van der Waals surface area contributed by atoms with E-state index in [1.165, 1.54) is 0 Å². The van der Waals surface area contributed by atoms with E-state index < -0.39 is 0 Å². The molecule has 4 heterocycles. The summed E-state index contributed by atoms with van der Waals surface area (Å²) in [6.45, 7) is 9.29. The largest absolute Gasteiger partial charge is 0.465 e. The number of nitrogens with zero attached hydrogens (tertiary/aromatic N) is 5. The number of carbonyl (C=O) groups is 1. The molecule has 0 aliphatic carbocycles. The lowest BCUT2D eigenvalue weighted by atomic mass is 10.1. The van der Waals surface area contributed by atoms with Gasteiger partial charge in [-0.3, -0.25) is 4.79 Å². The van der Waals surface area contributed by atoms with E-state index >= 15 is 0 Å². The van der Waals surface area contributed by atoms with Crippen LogP contribution in [0.3, 0.4) is 0 Å². The summed E-state index contributed by atoms with van der Waals surface area (Å²) in [5, 5.41) is 16.3. The predicted molar refractivity (Wildman–Crippen MR) is 115 cm³/mol. The third-order valence-corrected chi connectivity index (χ3v) is 5.49. The van der Waals surface area contributed by atoms with Crippen molar-refractivity contribution in [1.29, 1.82) is 0 Å². The van der Waals surface area contributed by atoms with E-state index in [-0.39, 0.29) is 5.91 Å². The molecule has 0 aromatic carbocycles. The van der Waals surface area contributed by atoms with Gasteiger partial charge in [0, 0.05) is 25.2 Å². The van der Waals surface area contributed by atoms with Crippen molar-refractivity contribution in [1.82, 2.24) is 25.3 Å². The Morgan fingerprint density at radius 1 is 1.06 bits per heavy atom. The molecule has 1 saturated heterocycles. The van der Waals surface area contributed by atoms with Crippen molar-refractivity contribution in [3.05, 3.63) is 52.7 Å². The number of nitrogens with one attached hydrogen (secondary N) is 1. The van der Waals surface area contributed by atoms with Gasteiger partial charge in [-0.2, -0.15) is 5.10 Å². The second-order valence-corrected chi connectivity index (χ2v) is 7.70. The van der Waals surface area contributed by atoms with Crippen molar-refractivity contribution in [3.63, 3.8) is 0 Å². The molecule has 1 amide bonds. The molecule has 1 N–H and O–H groups in total. The van der Waals surface area contributed by atoms with Crippen LogP contribution in [0, 0.1) is 20.8 Å². The van der Waals surface area contributed by atoms with E-state index in [9.17, 15) is 4.79 Å². The quantitative estimate of drug-likeness (QED) is 0.621. The van der Waals surface area contributed by atoms with Crippen LogP contribution in [0.25, 0.3) is 5.82 Å². The monoisotopic (exact) mass is 424 g/mol. The van der Waals surface area contributed by atoms with Crippen molar-refractivity contribution < 1.29 is 13.9 Å². The molecular formula is C22H28N6O3. The number of rotatable bonds is 7. The van der Waals surface area contributed by atoms with Gasteiger partial charge in [0.15, 0.2) is 11.6 Å². The van der Waals surface area contributed by atoms with Gasteiger partial charge in [0.25, 0.3) is 0 Å². The lowest BCUT2D eigenvalue weighted by molar-refractivity contribution is -0.121. The van der Waals surface area contributed by atoms with Gasteiger partial charge in [-0.1, -0.05) is 0 Å². The first-order valence-electron chi connectivity index (χ1n) is 10.5.